The Hall–Kier alpha value is -3.35. The van der Waals surface area contributed by atoms with Crippen molar-refractivity contribution in [2.24, 2.45) is 17.3 Å². The van der Waals surface area contributed by atoms with Crippen molar-refractivity contribution < 1.29 is 24.2 Å². The number of benzene rings is 2. The van der Waals surface area contributed by atoms with Gasteiger partial charge in [-0.25, -0.2) is 9.59 Å². The van der Waals surface area contributed by atoms with Gasteiger partial charge in [0.15, 0.2) is 0 Å². The normalized spacial score (nSPS) is 19.5. The minimum absolute atomic E-state index is 0.00614. The first-order valence-electron chi connectivity index (χ1n) is 11.8. The molecule has 180 valence electrons. The molecule has 7 nitrogen and oxygen atoms in total. The summed E-state index contributed by atoms with van der Waals surface area (Å²) in [5.74, 6) is -1.60. The lowest BCUT2D eigenvalue weighted by Gasteiger charge is -2.24. The molecule has 0 saturated heterocycles. The minimum atomic E-state index is -1.03. The van der Waals surface area contributed by atoms with Crippen LogP contribution in [0, 0.1) is 17.3 Å². The average molecular weight is 465 g/mol. The van der Waals surface area contributed by atoms with E-state index in [1.807, 2.05) is 45.0 Å². The van der Waals surface area contributed by atoms with Gasteiger partial charge in [-0.15, -0.1) is 0 Å². The van der Waals surface area contributed by atoms with Crippen LogP contribution in [0.2, 0.25) is 0 Å². The van der Waals surface area contributed by atoms with Crippen molar-refractivity contribution >= 4 is 18.0 Å². The van der Waals surface area contributed by atoms with Crippen LogP contribution in [-0.2, 0) is 14.3 Å². The van der Waals surface area contributed by atoms with Crippen molar-refractivity contribution in [2.75, 3.05) is 13.2 Å². The molecule has 3 N–H and O–H groups in total. The molecule has 2 aromatic carbocycles. The Morgan fingerprint density at radius 3 is 2.18 bits per heavy atom. The van der Waals surface area contributed by atoms with Gasteiger partial charge < -0.3 is 20.5 Å². The number of hydrogen-bond donors (Lipinski definition) is 3. The number of carbonyl (C=O) groups excluding carboxylic acids is 2. The van der Waals surface area contributed by atoms with Crippen LogP contribution >= 0.6 is 0 Å². The van der Waals surface area contributed by atoms with E-state index < -0.39 is 18.1 Å². The third-order valence-electron chi connectivity index (χ3n) is 6.54. The van der Waals surface area contributed by atoms with Crippen LogP contribution in [0.3, 0.4) is 0 Å². The van der Waals surface area contributed by atoms with Gasteiger partial charge in [0.05, 0.1) is 0 Å². The second-order valence-electron chi connectivity index (χ2n) is 10.5. The first-order chi connectivity index (χ1) is 16.1. The fourth-order valence-electron chi connectivity index (χ4n) is 4.75. The first kappa shape index (κ1) is 23.8. The summed E-state index contributed by atoms with van der Waals surface area (Å²) in [5, 5.41) is 14.8. The maximum absolute atomic E-state index is 12.5. The number of carboxylic acid groups (broad SMARTS) is 1. The van der Waals surface area contributed by atoms with Gasteiger partial charge in [0.2, 0.25) is 5.91 Å². The Balaban J connectivity index is 1.24. The summed E-state index contributed by atoms with van der Waals surface area (Å²) in [6.45, 7) is 6.38. The summed E-state index contributed by atoms with van der Waals surface area (Å²) in [5.41, 5.74) is 4.43. The molecule has 2 aliphatic rings. The molecule has 1 saturated carbocycles. The molecule has 1 fully saturated rings. The fraction of sp³-hybridized carbons (Fsp3) is 0.444. The summed E-state index contributed by atoms with van der Waals surface area (Å²) in [6, 6.07) is 15.4. The molecular weight excluding hydrogens is 432 g/mol. The lowest BCUT2D eigenvalue weighted by atomic mass is 9.88. The molecule has 1 unspecified atom stereocenters. The Labute approximate surface area is 199 Å². The van der Waals surface area contributed by atoms with Gasteiger partial charge in [-0.05, 0) is 46.4 Å². The van der Waals surface area contributed by atoms with E-state index in [0.717, 1.165) is 11.1 Å². The van der Waals surface area contributed by atoms with Gasteiger partial charge in [0.1, 0.15) is 12.6 Å². The fourth-order valence-corrected chi connectivity index (χ4v) is 4.75. The summed E-state index contributed by atoms with van der Waals surface area (Å²) < 4.78 is 5.54. The SMILES string of the molecule is CC(C)(C)CC(NC(=O)[C@H]1C[C@H]1CNC(=O)OCC1c2ccccc2-c2ccccc21)C(=O)O. The molecule has 0 spiro atoms. The van der Waals surface area contributed by atoms with E-state index in [0.29, 0.717) is 19.4 Å². The summed E-state index contributed by atoms with van der Waals surface area (Å²) in [6.07, 6.45) is 0.463. The van der Waals surface area contributed by atoms with E-state index >= 15 is 0 Å². The van der Waals surface area contributed by atoms with Crippen molar-refractivity contribution in [1.82, 2.24) is 10.6 Å². The molecule has 2 amide bonds. The molecule has 0 radical (unpaired) electrons. The third-order valence-corrected chi connectivity index (χ3v) is 6.54. The maximum Gasteiger partial charge on any atom is 0.407 e. The molecule has 0 heterocycles. The van der Waals surface area contributed by atoms with E-state index in [1.165, 1.54) is 11.1 Å². The highest BCUT2D eigenvalue weighted by atomic mass is 16.5. The van der Waals surface area contributed by atoms with Crippen LogP contribution in [0.5, 0.6) is 0 Å². The van der Waals surface area contributed by atoms with Gasteiger partial charge in [0, 0.05) is 18.4 Å². The van der Waals surface area contributed by atoms with E-state index in [4.69, 9.17) is 4.74 Å². The van der Waals surface area contributed by atoms with Crippen molar-refractivity contribution in [1.29, 1.82) is 0 Å². The highest BCUT2D eigenvalue weighted by Crippen LogP contribution is 2.44. The average Bonchev–Trinajstić information content (AvgIpc) is 3.50. The molecule has 4 rings (SSSR count). The number of fused-ring (bicyclic) bond motifs is 3. The molecule has 7 heteroatoms. The van der Waals surface area contributed by atoms with E-state index in [1.54, 1.807) is 0 Å². The number of hydrogen-bond acceptors (Lipinski definition) is 4. The number of carboxylic acids is 1. The van der Waals surface area contributed by atoms with Crippen molar-refractivity contribution in [3.05, 3.63) is 59.7 Å². The zero-order valence-electron chi connectivity index (χ0n) is 19.8. The molecule has 2 aromatic rings. The molecule has 0 aromatic heterocycles. The van der Waals surface area contributed by atoms with Crippen LogP contribution in [0.4, 0.5) is 4.79 Å². The number of aliphatic carboxylic acids is 1. The van der Waals surface area contributed by atoms with E-state index in [2.05, 4.69) is 34.9 Å². The topological polar surface area (TPSA) is 105 Å². The summed E-state index contributed by atoms with van der Waals surface area (Å²) in [7, 11) is 0. The zero-order chi connectivity index (χ0) is 24.5. The second kappa shape index (κ2) is 9.49. The molecule has 0 bridgehead atoms. The Morgan fingerprint density at radius 1 is 1.03 bits per heavy atom. The van der Waals surface area contributed by atoms with Crippen molar-refractivity contribution in [3.8, 4) is 11.1 Å². The quantitative estimate of drug-likeness (QED) is 0.544. The van der Waals surface area contributed by atoms with Crippen LogP contribution in [-0.4, -0.2) is 42.3 Å². The van der Waals surface area contributed by atoms with Crippen molar-refractivity contribution in [2.45, 2.75) is 45.6 Å². The number of carbonyl (C=O) groups is 3. The predicted molar refractivity (Wildman–Crippen MR) is 128 cm³/mol. The lowest BCUT2D eigenvalue weighted by Crippen LogP contribution is -2.44. The molecular formula is C27H32N2O5. The smallest absolute Gasteiger partial charge is 0.407 e. The van der Waals surface area contributed by atoms with E-state index in [9.17, 15) is 19.5 Å². The van der Waals surface area contributed by atoms with Crippen LogP contribution in [0.15, 0.2) is 48.5 Å². The van der Waals surface area contributed by atoms with E-state index in [-0.39, 0.29) is 35.7 Å². The molecule has 34 heavy (non-hydrogen) atoms. The van der Waals surface area contributed by atoms with Gasteiger partial charge in [0.25, 0.3) is 0 Å². The molecule has 2 aliphatic carbocycles. The van der Waals surface area contributed by atoms with Gasteiger partial charge in [-0.2, -0.15) is 0 Å². The van der Waals surface area contributed by atoms with Crippen LogP contribution in [0.25, 0.3) is 11.1 Å². The second-order valence-corrected chi connectivity index (χ2v) is 10.5. The summed E-state index contributed by atoms with van der Waals surface area (Å²) in [4.78, 5) is 36.3. The maximum atomic E-state index is 12.5. The van der Waals surface area contributed by atoms with Crippen LogP contribution < -0.4 is 10.6 Å². The van der Waals surface area contributed by atoms with Crippen molar-refractivity contribution in [3.63, 3.8) is 0 Å². The van der Waals surface area contributed by atoms with Gasteiger partial charge >= 0.3 is 12.1 Å². The minimum Gasteiger partial charge on any atom is -0.480 e. The number of amides is 2. The zero-order valence-corrected chi connectivity index (χ0v) is 19.8. The Bertz CT molecular complexity index is 1040. The van der Waals surface area contributed by atoms with Gasteiger partial charge in [-0.1, -0.05) is 69.3 Å². The number of nitrogens with one attached hydrogen (secondary N) is 2. The van der Waals surface area contributed by atoms with Crippen LogP contribution in [0.1, 0.15) is 50.7 Å². The molecule has 3 atom stereocenters. The largest absolute Gasteiger partial charge is 0.480 e. The molecule has 0 aliphatic heterocycles. The Morgan fingerprint density at radius 2 is 1.62 bits per heavy atom. The number of alkyl carbamates (subject to hydrolysis) is 1. The standard InChI is InChI=1S/C27H32N2O5/c1-27(2,3)13-23(25(31)32)29-24(30)21-12-16(21)14-28-26(33)34-15-22-19-10-6-4-8-17(19)18-9-5-7-11-20(18)22/h4-11,16,21-23H,12-15H2,1-3H3,(H,28,33)(H,29,30)(H,31,32)/t16-,21-,23?/m0/s1. The predicted octanol–water partition coefficient (Wildman–Crippen LogP) is 4.17. The lowest BCUT2D eigenvalue weighted by molar-refractivity contribution is -0.142. The van der Waals surface area contributed by atoms with Gasteiger partial charge in [-0.3, -0.25) is 4.79 Å². The Kier molecular flexibility index (Phi) is 6.64. The monoisotopic (exact) mass is 464 g/mol. The first-order valence-corrected chi connectivity index (χ1v) is 11.8. The number of rotatable bonds is 8. The highest BCUT2D eigenvalue weighted by Gasteiger charge is 2.44. The number of ether oxygens (including phenoxy) is 1. The summed E-state index contributed by atoms with van der Waals surface area (Å²) >= 11 is 0. The third kappa shape index (κ3) is 5.41. The highest BCUT2D eigenvalue weighted by molar-refractivity contribution is 5.87.